The van der Waals surface area contributed by atoms with E-state index >= 15 is 0 Å². The van der Waals surface area contributed by atoms with Crippen molar-refractivity contribution in [3.63, 3.8) is 0 Å². The van der Waals surface area contributed by atoms with Crippen LogP contribution in [0.3, 0.4) is 0 Å². The van der Waals surface area contributed by atoms with Crippen LogP contribution in [0, 0.1) is 5.82 Å². The van der Waals surface area contributed by atoms with Crippen molar-refractivity contribution in [2.45, 2.75) is 12.5 Å². The Morgan fingerprint density at radius 2 is 2.06 bits per heavy atom. The molecule has 0 radical (unpaired) electrons. The Kier molecular flexibility index (Phi) is 4.45. The molecule has 0 fully saturated rings. The predicted octanol–water partition coefficient (Wildman–Crippen LogP) is 0.952. The summed E-state index contributed by atoms with van der Waals surface area (Å²) in [6.07, 6.45) is 0. The van der Waals surface area contributed by atoms with Crippen LogP contribution < -0.4 is 5.32 Å². The van der Waals surface area contributed by atoms with E-state index in [1.165, 1.54) is 19.1 Å². The Balaban J connectivity index is 2.90. The van der Waals surface area contributed by atoms with E-state index in [4.69, 9.17) is 21.8 Å². The van der Waals surface area contributed by atoms with Gasteiger partial charge < -0.3 is 15.5 Å². The van der Waals surface area contributed by atoms with Crippen LogP contribution in [0.25, 0.3) is 0 Å². The van der Waals surface area contributed by atoms with Gasteiger partial charge in [0.2, 0.25) is 0 Å². The zero-order valence-electron chi connectivity index (χ0n) is 9.20. The summed E-state index contributed by atoms with van der Waals surface area (Å²) in [7, 11) is 0. The summed E-state index contributed by atoms with van der Waals surface area (Å²) in [5, 5.41) is 20.5. The molecule has 6 heteroatoms. The highest BCUT2D eigenvalue weighted by Gasteiger charge is 2.26. The van der Waals surface area contributed by atoms with Gasteiger partial charge in [0.25, 0.3) is 5.91 Å². The minimum atomic E-state index is -1.19. The maximum absolute atomic E-state index is 13.4. The average Bonchev–Trinajstić information content (AvgIpc) is 2.28. The molecule has 4 nitrogen and oxygen atoms in total. The SMILES string of the molecule is CC(CO)(CO)NC(=O)c1ccc(Cl)cc1F. The van der Waals surface area contributed by atoms with Gasteiger partial charge in [-0.1, -0.05) is 11.6 Å². The van der Waals surface area contributed by atoms with E-state index in [-0.39, 0.29) is 10.6 Å². The maximum Gasteiger partial charge on any atom is 0.254 e. The molecule has 0 heterocycles. The number of carbonyl (C=O) groups excluding carboxylic acids is 1. The number of benzene rings is 1. The first kappa shape index (κ1) is 13.9. The van der Waals surface area contributed by atoms with Crippen molar-refractivity contribution in [1.29, 1.82) is 0 Å². The largest absolute Gasteiger partial charge is 0.394 e. The number of hydrogen-bond acceptors (Lipinski definition) is 3. The van der Waals surface area contributed by atoms with Crippen molar-refractivity contribution >= 4 is 17.5 Å². The number of amides is 1. The van der Waals surface area contributed by atoms with Crippen molar-refractivity contribution in [1.82, 2.24) is 5.32 Å². The highest BCUT2D eigenvalue weighted by Crippen LogP contribution is 2.15. The summed E-state index contributed by atoms with van der Waals surface area (Å²) < 4.78 is 13.4. The monoisotopic (exact) mass is 261 g/mol. The minimum absolute atomic E-state index is 0.186. The van der Waals surface area contributed by atoms with E-state index in [1.807, 2.05) is 0 Å². The molecule has 1 aromatic carbocycles. The van der Waals surface area contributed by atoms with Gasteiger partial charge in [0, 0.05) is 5.02 Å². The number of rotatable bonds is 4. The molecular weight excluding hydrogens is 249 g/mol. The quantitative estimate of drug-likeness (QED) is 0.756. The van der Waals surface area contributed by atoms with Crippen LogP contribution in [0.15, 0.2) is 18.2 Å². The first-order valence-corrected chi connectivity index (χ1v) is 5.29. The molecule has 0 aliphatic rings. The molecule has 0 saturated heterocycles. The zero-order chi connectivity index (χ0) is 13.1. The van der Waals surface area contributed by atoms with Gasteiger partial charge in [0.1, 0.15) is 5.82 Å². The van der Waals surface area contributed by atoms with Crippen LogP contribution in [-0.2, 0) is 0 Å². The average molecular weight is 262 g/mol. The smallest absolute Gasteiger partial charge is 0.254 e. The molecule has 17 heavy (non-hydrogen) atoms. The number of carbonyl (C=O) groups is 1. The van der Waals surface area contributed by atoms with Crippen LogP contribution in [-0.4, -0.2) is 34.9 Å². The van der Waals surface area contributed by atoms with E-state index in [2.05, 4.69) is 5.32 Å². The first-order valence-electron chi connectivity index (χ1n) is 4.91. The molecule has 0 unspecified atom stereocenters. The molecule has 0 aliphatic heterocycles. The van der Waals surface area contributed by atoms with Crippen molar-refractivity contribution in [3.05, 3.63) is 34.6 Å². The van der Waals surface area contributed by atoms with Crippen LogP contribution in [0.5, 0.6) is 0 Å². The fourth-order valence-corrected chi connectivity index (χ4v) is 1.30. The number of halogens is 2. The number of aliphatic hydroxyl groups excluding tert-OH is 2. The Morgan fingerprint density at radius 3 is 2.53 bits per heavy atom. The summed E-state index contributed by atoms with van der Waals surface area (Å²) >= 11 is 5.56. The van der Waals surface area contributed by atoms with Crippen LogP contribution in [0.1, 0.15) is 17.3 Å². The third-order valence-corrected chi connectivity index (χ3v) is 2.52. The normalized spacial score (nSPS) is 11.4. The van der Waals surface area contributed by atoms with Gasteiger partial charge >= 0.3 is 0 Å². The van der Waals surface area contributed by atoms with E-state index in [9.17, 15) is 9.18 Å². The molecule has 0 aliphatic carbocycles. The second-order valence-electron chi connectivity index (χ2n) is 3.96. The van der Waals surface area contributed by atoms with Crippen LogP contribution in [0.2, 0.25) is 5.02 Å². The third-order valence-electron chi connectivity index (χ3n) is 2.29. The van der Waals surface area contributed by atoms with E-state index < -0.39 is 30.5 Å². The van der Waals surface area contributed by atoms with Crippen molar-refractivity contribution in [3.8, 4) is 0 Å². The van der Waals surface area contributed by atoms with Crippen LogP contribution >= 0.6 is 11.6 Å². The molecule has 1 amide bonds. The van der Waals surface area contributed by atoms with Crippen LogP contribution in [0.4, 0.5) is 4.39 Å². The summed E-state index contributed by atoms with van der Waals surface area (Å²) in [5.74, 6) is -1.47. The van der Waals surface area contributed by atoms with Crippen molar-refractivity contribution in [2.24, 2.45) is 0 Å². The molecule has 1 rings (SSSR count). The van der Waals surface area contributed by atoms with Gasteiger partial charge in [-0.05, 0) is 25.1 Å². The van der Waals surface area contributed by atoms with Gasteiger partial charge in [-0.3, -0.25) is 4.79 Å². The Labute approximate surface area is 103 Å². The minimum Gasteiger partial charge on any atom is -0.394 e. The summed E-state index contributed by atoms with van der Waals surface area (Å²) in [6.45, 7) is 0.535. The highest BCUT2D eigenvalue weighted by molar-refractivity contribution is 6.30. The predicted molar refractivity (Wildman–Crippen MR) is 61.5 cm³/mol. The molecular formula is C11H13ClFNO3. The molecule has 3 N–H and O–H groups in total. The maximum atomic E-state index is 13.4. The Hall–Kier alpha value is -1.17. The molecule has 1 aromatic rings. The summed E-state index contributed by atoms with van der Waals surface area (Å²) in [6, 6.07) is 3.64. The second-order valence-corrected chi connectivity index (χ2v) is 4.39. The van der Waals surface area contributed by atoms with Crippen molar-refractivity contribution < 1.29 is 19.4 Å². The fourth-order valence-electron chi connectivity index (χ4n) is 1.14. The number of aliphatic hydroxyl groups is 2. The van der Waals surface area contributed by atoms with Crippen molar-refractivity contribution in [2.75, 3.05) is 13.2 Å². The molecule has 0 atom stereocenters. The number of hydrogen-bond donors (Lipinski definition) is 3. The van der Waals surface area contributed by atoms with E-state index in [1.54, 1.807) is 0 Å². The standard InChI is InChI=1S/C11H13ClFNO3/c1-11(5-15,6-16)14-10(17)8-3-2-7(12)4-9(8)13/h2-4,15-16H,5-6H2,1H3,(H,14,17). The Morgan fingerprint density at radius 1 is 1.47 bits per heavy atom. The van der Waals surface area contributed by atoms with E-state index in [0.717, 1.165) is 6.07 Å². The van der Waals surface area contributed by atoms with Gasteiger partial charge in [-0.25, -0.2) is 4.39 Å². The molecule has 94 valence electrons. The van der Waals surface area contributed by atoms with Gasteiger partial charge in [-0.2, -0.15) is 0 Å². The number of nitrogens with one attached hydrogen (secondary N) is 1. The molecule has 0 saturated carbocycles. The highest BCUT2D eigenvalue weighted by atomic mass is 35.5. The molecule has 0 spiro atoms. The fraction of sp³-hybridized carbons (Fsp3) is 0.364. The van der Waals surface area contributed by atoms with E-state index in [0.29, 0.717) is 0 Å². The van der Waals surface area contributed by atoms with Gasteiger partial charge in [-0.15, -0.1) is 0 Å². The molecule has 0 aromatic heterocycles. The topological polar surface area (TPSA) is 69.6 Å². The summed E-state index contributed by atoms with van der Waals surface area (Å²) in [5.41, 5.74) is -1.38. The zero-order valence-corrected chi connectivity index (χ0v) is 9.96. The lowest BCUT2D eigenvalue weighted by atomic mass is 10.0. The molecule has 0 bridgehead atoms. The Bertz CT molecular complexity index is 421. The summed E-state index contributed by atoms with van der Waals surface area (Å²) in [4.78, 5) is 11.7. The first-order chi connectivity index (χ1) is 7.91. The van der Waals surface area contributed by atoms with Gasteiger partial charge in [0.05, 0.1) is 24.3 Å². The second kappa shape index (κ2) is 5.44. The lowest BCUT2D eigenvalue weighted by Gasteiger charge is -2.26. The lowest BCUT2D eigenvalue weighted by Crippen LogP contribution is -2.51. The third kappa shape index (κ3) is 3.39. The lowest BCUT2D eigenvalue weighted by molar-refractivity contribution is 0.0720. The van der Waals surface area contributed by atoms with Gasteiger partial charge in [0.15, 0.2) is 0 Å².